The summed E-state index contributed by atoms with van der Waals surface area (Å²) in [5, 5.41) is 5.61. The zero-order chi connectivity index (χ0) is 18.5. The standard InChI is InChI=1S/C15H17N5O5S/c1-24-12-3-2-10-13-11(6-17-14(10)19-12)18-15(21)20(13)7-8-4-9(5-8)25-26(16,22)23/h2-3,6,8-9H,4-5,7H2,1H3,(H,18,21)(H2,16,22,23). The van der Waals surface area contributed by atoms with Gasteiger partial charge in [0.2, 0.25) is 5.88 Å². The van der Waals surface area contributed by atoms with Crippen molar-refractivity contribution in [2.24, 2.45) is 11.1 Å². The number of hydrogen-bond donors (Lipinski definition) is 2. The fraction of sp³-hybridized carbons (Fsp3) is 0.400. The normalized spacial score (nSPS) is 20.4. The maximum Gasteiger partial charge on any atom is 0.333 e. The Kier molecular flexibility index (Phi) is 3.93. The van der Waals surface area contributed by atoms with Gasteiger partial charge in [-0.1, -0.05) is 0 Å². The van der Waals surface area contributed by atoms with Crippen molar-refractivity contribution in [3.63, 3.8) is 0 Å². The van der Waals surface area contributed by atoms with Crippen molar-refractivity contribution in [3.05, 3.63) is 28.8 Å². The van der Waals surface area contributed by atoms with Gasteiger partial charge >= 0.3 is 16.0 Å². The molecule has 1 saturated carbocycles. The number of ether oxygens (including phenoxy) is 1. The summed E-state index contributed by atoms with van der Waals surface area (Å²) in [5.41, 5.74) is 1.56. The Morgan fingerprint density at radius 3 is 2.85 bits per heavy atom. The average Bonchev–Trinajstić information content (AvgIpc) is 2.87. The van der Waals surface area contributed by atoms with Gasteiger partial charge in [-0.25, -0.2) is 14.9 Å². The minimum atomic E-state index is -3.95. The van der Waals surface area contributed by atoms with Crippen molar-refractivity contribution in [1.29, 1.82) is 0 Å². The van der Waals surface area contributed by atoms with Gasteiger partial charge in [0.15, 0.2) is 5.65 Å². The lowest BCUT2D eigenvalue weighted by atomic mass is 9.82. The molecule has 0 amide bonds. The van der Waals surface area contributed by atoms with Crippen LogP contribution < -0.4 is 15.6 Å². The number of aromatic amines is 1. The van der Waals surface area contributed by atoms with Gasteiger partial charge in [0.1, 0.15) is 0 Å². The molecule has 10 nitrogen and oxygen atoms in total. The van der Waals surface area contributed by atoms with E-state index in [0.29, 0.717) is 41.9 Å². The first-order valence-corrected chi connectivity index (χ1v) is 9.44. The van der Waals surface area contributed by atoms with Gasteiger partial charge in [-0.2, -0.15) is 13.4 Å². The maximum atomic E-state index is 12.4. The van der Waals surface area contributed by atoms with Crippen molar-refractivity contribution in [3.8, 4) is 5.88 Å². The minimum absolute atomic E-state index is 0.118. The van der Waals surface area contributed by atoms with E-state index in [2.05, 4.69) is 15.0 Å². The van der Waals surface area contributed by atoms with Gasteiger partial charge in [-0.3, -0.25) is 8.75 Å². The predicted molar refractivity (Wildman–Crippen MR) is 92.9 cm³/mol. The van der Waals surface area contributed by atoms with Crippen LogP contribution in [-0.2, 0) is 21.0 Å². The van der Waals surface area contributed by atoms with E-state index in [-0.39, 0.29) is 11.6 Å². The summed E-state index contributed by atoms with van der Waals surface area (Å²) in [6, 6.07) is 3.53. The van der Waals surface area contributed by atoms with Gasteiger partial charge in [0.05, 0.1) is 30.4 Å². The lowest BCUT2D eigenvalue weighted by Gasteiger charge is -2.33. The Bertz CT molecular complexity index is 1150. The van der Waals surface area contributed by atoms with Gasteiger partial charge in [0.25, 0.3) is 0 Å². The molecule has 26 heavy (non-hydrogen) atoms. The first-order chi connectivity index (χ1) is 12.3. The molecule has 1 aliphatic carbocycles. The molecule has 0 aromatic carbocycles. The number of aromatic nitrogens is 4. The predicted octanol–water partition coefficient (Wildman–Crippen LogP) is 0.280. The van der Waals surface area contributed by atoms with E-state index >= 15 is 0 Å². The molecule has 3 heterocycles. The van der Waals surface area contributed by atoms with Gasteiger partial charge in [-0.05, 0) is 24.8 Å². The van der Waals surface area contributed by atoms with Gasteiger partial charge in [-0.15, -0.1) is 0 Å². The summed E-state index contributed by atoms with van der Waals surface area (Å²) in [4.78, 5) is 23.7. The first-order valence-electron chi connectivity index (χ1n) is 7.97. The van der Waals surface area contributed by atoms with Gasteiger partial charge < -0.3 is 9.72 Å². The minimum Gasteiger partial charge on any atom is -0.481 e. The number of pyridine rings is 2. The van der Waals surface area contributed by atoms with Crippen LogP contribution in [0.5, 0.6) is 5.88 Å². The molecule has 0 spiro atoms. The van der Waals surface area contributed by atoms with Crippen LogP contribution in [0, 0.1) is 5.92 Å². The van der Waals surface area contributed by atoms with Crippen LogP contribution in [0.15, 0.2) is 23.1 Å². The van der Waals surface area contributed by atoms with E-state index in [4.69, 9.17) is 14.1 Å². The van der Waals surface area contributed by atoms with Gasteiger partial charge in [0, 0.05) is 18.0 Å². The number of hydrogen-bond acceptors (Lipinski definition) is 7. The van der Waals surface area contributed by atoms with Crippen molar-refractivity contribution in [1.82, 2.24) is 19.5 Å². The van der Waals surface area contributed by atoms with E-state index in [0.717, 1.165) is 5.39 Å². The molecular formula is C15H17N5O5S. The molecular weight excluding hydrogens is 362 g/mol. The molecule has 138 valence electrons. The van der Waals surface area contributed by atoms with E-state index < -0.39 is 16.4 Å². The van der Waals surface area contributed by atoms with E-state index in [1.807, 2.05) is 6.07 Å². The molecule has 0 atom stereocenters. The molecule has 1 fully saturated rings. The SMILES string of the molecule is COc1ccc2c(ncc3[nH]c(=O)n(CC4CC(OS(N)(=O)=O)C4)c32)n1. The first kappa shape index (κ1) is 16.9. The second kappa shape index (κ2) is 6.04. The molecule has 4 rings (SSSR count). The molecule has 0 unspecified atom stereocenters. The molecule has 3 aromatic heterocycles. The summed E-state index contributed by atoms with van der Waals surface area (Å²) in [6.07, 6.45) is 2.17. The van der Waals surface area contributed by atoms with E-state index in [1.165, 1.54) is 7.11 Å². The van der Waals surface area contributed by atoms with Crippen LogP contribution in [0.3, 0.4) is 0 Å². The number of nitrogens with two attached hydrogens (primary N) is 1. The summed E-state index contributed by atoms with van der Waals surface area (Å²) in [5.74, 6) is 0.559. The third-order valence-corrected chi connectivity index (χ3v) is 5.09. The van der Waals surface area contributed by atoms with Crippen molar-refractivity contribution in [2.45, 2.75) is 25.5 Å². The lowest BCUT2D eigenvalue weighted by Crippen LogP contribution is -2.38. The molecule has 0 aliphatic heterocycles. The number of nitrogens with zero attached hydrogens (tertiary/aromatic N) is 3. The second-order valence-corrected chi connectivity index (χ2v) is 7.51. The highest BCUT2D eigenvalue weighted by Crippen LogP contribution is 2.33. The van der Waals surface area contributed by atoms with Crippen LogP contribution in [0.25, 0.3) is 22.1 Å². The number of methoxy groups -OCH3 is 1. The monoisotopic (exact) mass is 379 g/mol. The summed E-state index contributed by atoms with van der Waals surface area (Å²) in [6.45, 7) is 0.439. The molecule has 0 radical (unpaired) electrons. The molecule has 3 aromatic rings. The summed E-state index contributed by atoms with van der Waals surface area (Å²) < 4.78 is 33.4. The molecule has 1 aliphatic rings. The number of nitrogens with one attached hydrogen (secondary N) is 1. The summed E-state index contributed by atoms with van der Waals surface area (Å²) in [7, 11) is -2.43. The largest absolute Gasteiger partial charge is 0.481 e. The van der Waals surface area contributed by atoms with Crippen molar-refractivity contribution in [2.75, 3.05) is 7.11 Å². The quantitative estimate of drug-likeness (QED) is 0.648. The fourth-order valence-electron chi connectivity index (χ4n) is 3.35. The van der Waals surface area contributed by atoms with Crippen molar-refractivity contribution >= 4 is 32.4 Å². The number of rotatable bonds is 5. The van der Waals surface area contributed by atoms with Crippen LogP contribution in [-0.4, -0.2) is 41.2 Å². The van der Waals surface area contributed by atoms with Crippen molar-refractivity contribution < 1.29 is 17.3 Å². The average molecular weight is 379 g/mol. The lowest BCUT2D eigenvalue weighted by molar-refractivity contribution is 0.0621. The topological polar surface area (TPSA) is 142 Å². The molecule has 0 bridgehead atoms. The Morgan fingerprint density at radius 1 is 1.38 bits per heavy atom. The highest BCUT2D eigenvalue weighted by molar-refractivity contribution is 7.84. The number of imidazole rings is 1. The molecule has 3 N–H and O–H groups in total. The van der Waals surface area contributed by atoms with Crippen LogP contribution in [0.1, 0.15) is 12.8 Å². The number of fused-ring (bicyclic) bond motifs is 3. The van der Waals surface area contributed by atoms with Crippen LogP contribution in [0.4, 0.5) is 0 Å². The Morgan fingerprint density at radius 2 is 2.15 bits per heavy atom. The molecule has 11 heteroatoms. The Hall–Kier alpha value is -2.50. The number of H-pyrrole nitrogens is 1. The highest BCUT2D eigenvalue weighted by atomic mass is 32.2. The fourth-order valence-corrected chi connectivity index (χ4v) is 3.89. The Balaban J connectivity index is 1.66. The third-order valence-electron chi connectivity index (χ3n) is 4.54. The Labute approximate surface area is 148 Å². The smallest absolute Gasteiger partial charge is 0.333 e. The van der Waals surface area contributed by atoms with E-state index in [1.54, 1.807) is 16.8 Å². The zero-order valence-electron chi connectivity index (χ0n) is 13.9. The maximum absolute atomic E-state index is 12.4. The zero-order valence-corrected chi connectivity index (χ0v) is 14.7. The van der Waals surface area contributed by atoms with Crippen LogP contribution in [0.2, 0.25) is 0 Å². The van der Waals surface area contributed by atoms with E-state index in [9.17, 15) is 13.2 Å². The highest BCUT2D eigenvalue weighted by Gasteiger charge is 2.33. The third kappa shape index (κ3) is 3.04. The molecule has 0 saturated heterocycles. The summed E-state index contributed by atoms with van der Waals surface area (Å²) >= 11 is 0. The van der Waals surface area contributed by atoms with Crippen LogP contribution >= 0.6 is 0 Å². The second-order valence-electron chi connectivity index (χ2n) is 6.33.